The van der Waals surface area contributed by atoms with E-state index >= 15 is 0 Å². The van der Waals surface area contributed by atoms with Gasteiger partial charge in [-0.2, -0.15) is 0 Å². The summed E-state index contributed by atoms with van der Waals surface area (Å²) in [6, 6.07) is 10.0. The van der Waals surface area contributed by atoms with E-state index < -0.39 is 0 Å². The fourth-order valence-electron chi connectivity index (χ4n) is 3.66. The number of aryl methyl sites for hydroxylation is 1. The summed E-state index contributed by atoms with van der Waals surface area (Å²) >= 11 is 6.33. The molecule has 3 aliphatic heterocycles. The number of fused-ring (bicyclic) bond motifs is 3. The van der Waals surface area contributed by atoms with E-state index in [1.54, 1.807) is 0 Å². The summed E-state index contributed by atoms with van der Waals surface area (Å²) in [4.78, 5) is 7.04. The number of piperidine rings is 3. The van der Waals surface area contributed by atoms with Gasteiger partial charge in [0.1, 0.15) is 11.9 Å². The van der Waals surface area contributed by atoms with Crippen LogP contribution < -0.4 is 4.74 Å². The third-order valence-electron chi connectivity index (χ3n) is 5.02. The fraction of sp³-hybridized carbons (Fsp3) is 0.421. The quantitative estimate of drug-likeness (QED) is 0.845. The van der Waals surface area contributed by atoms with Crippen LogP contribution in [0.1, 0.15) is 18.4 Å². The van der Waals surface area contributed by atoms with Gasteiger partial charge < -0.3 is 4.74 Å². The standard InChI is InChI=1S/C19H21ClN2O/c1-13-2-4-16(17(20)10-13)18-5-3-15(11-21-18)23-19-12-22-8-6-14(19)7-9-22/h2-5,10-11,14,19H,6-9,12H2,1H3/t19-/m0/s1. The molecule has 1 atom stereocenters. The van der Waals surface area contributed by atoms with Crippen LogP contribution in [0.25, 0.3) is 11.3 Å². The summed E-state index contributed by atoms with van der Waals surface area (Å²) in [6.45, 7) is 5.55. The summed E-state index contributed by atoms with van der Waals surface area (Å²) in [5, 5.41) is 0.739. The normalized spacial score (nSPS) is 26.3. The zero-order valence-electron chi connectivity index (χ0n) is 13.3. The van der Waals surface area contributed by atoms with Crippen molar-refractivity contribution in [1.29, 1.82) is 0 Å². The first-order valence-electron chi connectivity index (χ1n) is 8.30. The van der Waals surface area contributed by atoms with Crippen LogP contribution in [0.2, 0.25) is 5.02 Å². The van der Waals surface area contributed by atoms with Crippen LogP contribution in [0, 0.1) is 12.8 Å². The van der Waals surface area contributed by atoms with Crippen molar-refractivity contribution in [2.75, 3.05) is 19.6 Å². The third-order valence-corrected chi connectivity index (χ3v) is 5.33. The molecule has 23 heavy (non-hydrogen) atoms. The molecule has 3 saturated heterocycles. The lowest BCUT2D eigenvalue weighted by Gasteiger charge is -2.44. The van der Waals surface area contributed by atoms with Gasteiger partial charge in [0.05, 0.1) is 16.9 Å². The summed E-state index contributed by atoms with van der Waals surface area (Å²) in [7, 11) is 0. The zero-order chi connectivity index (χ0) is 15.8. The van der Waals surface area contributed by atoms with Crippen molar-refractivity contribution >= 4 is 11.6 Å². The van der Waals surface area contributed by atoms with Crippen LogP contribution >= 0.6 is 11.6 Å². The van der Waals surface area contributed by atoms with Gasteiger partial charge in [-0.3, -0.25) is 9.88 Å². The second kappa shape index (κ2) is 6.14. The van der Waals surface area contributed by atoms with Gasteiger partial charge in [-0.15, -0.1) is 0 Å². The molecule has 0 spiro atoms. The van der Waals surface area contributed by atoms with Gasteiger partial charge in [-0.05, 0) is 62.5 Å². The molecule has 0 unspecified atom stereocenters. The van der Waals surface area contributed by atoms with Crippen molar-refractivity contribution < 1.29 is 4.74 Å². The maximum Gasteiger partial charge on any atom is 0.138 e. The molecule has 4 heterocycles. The highest BCUT2D eigenvalue weighted by molar-refractivity contribution is 6.33. The van der Waals surface area contributed by atoms with Crippen LogP contribution in [0.3, 0.4) is 0 Å². The van der Waals surface area contributed by atoms with E-state index in [1.165, 1.54) is 25.9 Å². The van der Waals surface area contributed by atoms with E-state index in [-0.39, 0.29) is 0 Å². The van der Waals surface area contributed by atoms with Crippen molar-refractivity contribution in [2.24, 2.45) is 5.92 Å². The predicted octanol–water partition coefficient (Wildman–Crippen LogP) is 4.18. The molecule has 4 heteroatoms. The van der Waals surface area contributed by atoms with Crippen molar-refractivity contribution in [1.82, 2.24) is 9.88 Å². The molecular formula is C19H21ClN2O. The third kappa shape index (κ3) is 3.08. The smallest absolute Gasteiger partial charge is 0.138 e. The lowest BCUT2D eigenvalue weighted by molar-refractivity contribution is -0.00791. The molecule has 0 aliphatic carbocycles. The Hall–Kier alpha value is -1.58. The van der Waals surface area contributed by atoms with Gasteiger partial charge >= 0.3 is 0 Å². The molecule has 0 saturated carbocycles. The molecular weight excluding hydrogens is 308 g/mol. The summed E-state index contributed by atoms with van der Waals surface area (Å²) in [6.07, 6.45) is 4.65. The average molecular weight is 329 g/mol. The van der Waals surface area contributed by atoms with E-state index in [4.69, 9.17) is 16.3 Å². The summed E-state index contributed by atoms with van der Waals surface area (Å²) < 4.78 is 6.19. The van der Waals surface area contributed by atoms with Crippen molar-refractivity contribution in [3.8, 4) is 17.0 Å². The van der Waals surface area contributed by atoms with Gasteiger partial charge in [-0.1, -0.05) is 23.7 Å². The largest absolute Gasteiger partial charge is 0.487 e. The Morgan fingerprint density at radius 2 is 2.00 bits per heavy atom. The number of benzene rings is 1. The molecule has 2 aromatic rings. The van der Waals surface area contributed by atoms with Crippen molar-refractivity contribution in [3.63, 3.8) is 0 Å². The second-order valence-electron chi connectivity index (χ2n) is 6.66. The molecule has 0 N–H and O–H groups in total. The number of aromatic nitrogens is 1. The monoisotopic (exact) mass is 328 g/mol. The number of hydrogen-bond acceptors (Lipinski definition) is 3. The van der Waals surface area contributed by atoms with Crippen molar-refractivity contribution in [2.45, 2.75) is 25.9 Å². The second-order valence-corrected chi connectivity index (χ2v) is 7.06. The minimum Gasteiger partial charge on any atom is -0.487 e. The first kappa shape index (κ1) is 15.0. The van der Waals surface area contributed by atoms with Crippen LogP contribution in [0.5, 0.6) is 5.75 Å². The highest BCUT2D eigenvalue weighted by atomic mass is 35.5. The average Bonchev–Trinajstić information content (AvgIpc) is 2.57. The topological polar surface area (TPSA) is 25.4 Å². The first-order valence-corrected chi connectivity index (χ1v) is 8.68. The Morgan fingerprint density at radius 1 is 1.17 bits per heavy atom. The Bertz CT molecular complexity index is 693. The minimum atomic E-state index is 0.313. The maximum atomic E-state index is 6.33. The number of rotatable bonds is 3. The van der Waals surface area contributed by atoms with Gasteiger partial charge in [0.2, 0.25) is 0 Å². The Labute approximate surface area is 142 Å². The Morgan fingerprint density at radius 3 is 2.61 bits per heavy atom. The van der Waals surface area contributed by atoms with E-state index in [2.05, 4.69) is 16.0 Å². The van der Waals surface area contributed by atoms with E-state index in [0.29, 0.717) is 12.0 Å². The Kier molecular flexibility index (Phi) is 4.00. The van der Waals surface area contributed by atoms with E-state index in [0.717, 1.165) is 34.1 Å². The molecule has 0 radical (unpaired) electrons. The summed E-state index contributed by atoms with van der Waals surface area (Å²) in [5.74, 6) is 1.56. The SMILES string of the molecule is Cc1ccc(-c2ccc(O[C@H]3CN4CCC3CC4)cn2)c(Cl)c1. The summed E-state index contributed by atoms with van der Waals surface area (Å²) in [5.41, 5.74) is 3.00. The molecule has 1 aromatic carbocycles. The highest BCUT2D eigenvalue weighted by Gasteiger charge is 2.35. The van der Waals surface area contributed by atoms with Gasteiger partial charge in [0.25, 0.3) is 0 Å². The lowest BCUT2D eigenvalue weighted by Crippen LogP contribution is -2.52. The molecule has 0 amide bonds. The van der Waals surface area contributed by atoms with E-state index in [9.17, 15) is 0 Å². The predicted molar refractivity (Wildman–Crippen MR) is 93.0 cm³/mol. The molecule has 1 aromatic heterocycles. The van der Waals surface area contributed by atoms with Crippen LogP contribution in [0.4, 0.5) is 0 Å². The highest BCUT2D eigenvalue weighted by Crippen LogP contribution is 2.32. The fourth-order valence-corrected chi connectivity index (χ4v) is 3.99. The maximum absolute atomic E-state index is 6.33. The molecule has 3 nitrogen and oxygen atoms in total. The molecule has 120 valence electrons. The lowest BCUT2D eigenvalue weighted by atomic mass is 9.86. The Balaban J connectivity index is 1.50. The van der Waals surface area contributed by atoms with Gasteiger partial charge in [-0.25, -0.2) is 0 Å². The van der Waals surface area contributed by atoms with Crippen LogP contribution in [0.15, 0.2) is 36.5 Å². The number of nitrogens with zero attached hydrogens (tertiary/aromatic N) is 2. The molecule has 3 fully saturated rings. The minimum absolute atomic E-state index is 0.313. The number of hydrogen-bond donors (Lipinski definition) is 0. The number of pyridine rings is 1. The number of halogens is 1. The zero-order valence-corrected chi connectivity index (χ0v) is 14.1. The molecule has 3 aliphatic rings. The first-order chi connectivity index (χ1) is 11.2. The van der Waals surface area contributed by atoms with Gasteiger partial charge in [0, 0.05) is 12.1 Å². The van der Waals surface area contributed by atoms with Crippen molar-refractivity contribution in [3.05, 3.63) is 47.1 Å². The van der Waals surface area contributed by atoms with Crippen LogP contribution in [-0.2, 0) is 0 Å². The molecule has 5 rings (SSSR count). The van der Waals surface area contributed by atoms with Crippen LogP contribution in [-0.4, -0.2) is 35.6 Å². The number of ether oxygens (including phenoxy) is 1. The molecule has 2 bridgehead atoms. The van der Waals surface area contributed by atoms with E-state index in [1.807, 2.05) is 37.4 Å². The van der Waals surface area contributed by atoms with Gasteiger partial charge in [0.15, 0.2) is 0 Å².